The highest BCUT2D eigenvalue weighted by Crippen LogP contribution is 2.12. The van der Waals surface area contributed by atoms with Crippen LogP contribution >= 0.6 is 11.6 Å². The Morgan fingerprint density at radius 3 is 2.55 bits per heavy atom. The van der Waals surface area contributed by atoms with Crippen molar-refractivity contribution in [2.75, 3.05) is 25.6 Å². The molecule has 1 aliphatic rings. The van der Waals surface area contributed by atoms with Crippen LogP contribution in [0, 0.1) is 0 Å². The van der Waals surface area contributed by atoms with Crippen LogP contribution in [0.25, 0.3) is 0 Å². The van der Waals surface area contributed by atoms with Gasteiger partial charge in [0, 0.05) is 19.1 Å². The summed E-state index contributed by atoms with van der Waals surface area (Å²) < 4.78 is 4.99. The van der Waals surface area contributed by atoms with Crippen molar-refractivity contribution in [3.63, 3.8) is 0 Å². The minimum Gasteiger partial charge on any atom is -0.448 e. The standard InChI is InChI=1S/C16H21ClN2O3/c17-8-11-22-16(21)19-9-6-14(7-10-19)18-15(20)12-13-4-2-1-3-5-13/h1-5,14H,6-12H2,(H,18,20). The van der Waals surface area contributed by atoms with Crippen LogP contribution in [0.2, 0.25) is 0 Å². The van der Waals surface area contributed by atoms with Gasteiger partial charge in [0.2, 0.25) is 5.91 Å². The minimum absolute atomic E-state index is 0.0226. The summed E-state index contributed by atoms with van der Waals surface area (Å²) in [5.41, 5.74) is 1.00. The molecule has 0 aromatic heterocycles. The molecule has 0 saturated carbocycles. The smallest absolute Gasteiger partial charge is 0.409 e. The van der Waals surface area contributed by atoms with Crippen LogP contribution in [0.3, 0.4) is 0 Å². The zero-order valence-electron chi connectivity index (χ0n) is 12.5. The number of piperidine rings is 1. The highest BCUT2D eigenvalue weighted by Gasteiger charge is 2.24. The number of carbonyl (C=O) groups is 2. The van der Waals surface area contributed by atoms with Crippen molar-refractivity contribution in [1.82, 2.24) is 10.2 Å². The van der Waals surface area contributed by atoms with Crippen molar-refractivity contribution >= 4 is 23.6 Å². The van der Waals surface area contributed by atoms with Crippen LogP contribution in [0.15, 0.2) is 30.3 Å². The van der Waals surface area contributed by atoms with Crippen LogP contribution in [0.4, 0.5) is 4.79 Å². The second-order valence-electron chi connectivity index (χ2n) is 5.29. The lowest BCUT2D eigenvalue weighted by atomic mass is 10.0. The van der Waals surface area contributed by atoms with Crippen molar-refractivity contribution in [2.24, 2.45) is 0 Å². The fourth-order valence-corrected chi connectivity index (χ4v) is 2.56. The molecule has 1 saturated heterocycles. The van der Waals surface area contributed by atoms with Gasteiger partial charge in [0.05, 0.1) is 12.3 Å². The van der Waals surface area contributed by atoms with Crippen molar-refractivity contribution in [3.05, 3.63) is 35.9 Å². The molecule has 1 fully saturated rings. The zero-order chi connectivity index (χ0) is 15.8. The monoisotopic (exact) mass is 324 g/mol. The molecule has 120 valence electrons. The van der Waals surface area contributed by atoms with E-state index in [2.05, 4.69) is 5.32 Å². The Balaban J connectivity index is 1.71. The molecule has 2 rings (SSSR count). The topological polar surface area (TPSA) is 58.6 Å². The average Bonchev–Trinajstić information content (AvgIpc) is 2.54. The summed E-state index contributed by atoms with van der Waals surface area (Å²) in [4.78, 5) is 25.4. The number of likely N-dealkylation sites (tertiary alicyclic amines) is 1. The Morgan fingerprint density at radius 2 is 1.91 bits per heavy atom. The van der Waals surface area contributed by atoms with E-state index in [0.29, 0.717) is 25.4 Å². The predicted octanol–water partition coefficient (Wildman–Crippen LogP) is 2.19. The maximum atomic E-state index is 12.0. The predicted molar refractivity (Wildman–Crippen MR) is 85.0 cm³/mol. The van der Waals surface area contributed by atoms with Gasteiger partial charge in [-0.2, -0.15) is 0 Å². The molecule has 0 aliphatic carbocycles. The number of hydrogen-bond donors (Lipinski definition) is 1. The molecule has 0 spiro atoms. The van der Waals surface area contributed by atoms with E-state index in [1.807, 2.05) is 30.3 Å². The second kappa shape index (κ2) is 8.63. The fraction of sp³-hybridized carbons (Fsp3) is 0.500. The van der Waals surface area contributed by atoms with Crippen LogP contribution in [-0.2, 0) is 16.0 Å². The maximum absolute atomic E-state index is 12.0. The highest BCUT2D eigenvalue weighted by atomic mass is 35.5. The van der Waals surface area contributed by atoms with Gasteiger partial charge < -0.3 is 15.0 Å². The maximum Gasteiger partial charge on any atom is 0.409 e. The molecule has 1 heterocycles. The van der Waals surface area contributed by atoms with E-state index in [0.717, 1.165) is 18.4 Å². The SMILES string of the molecule is O=C(Cc1ccccc1)NC1CCN(C(=O)OCCCl)CC1. The summed E-state index contributed by atoms with van der Waals surface area (Å²) in [6, 6.07) is 9.78. The van der Waals surface area contributed by atoms with Gasteiger partial charge in [0.15, 0.2) is 0 Å². The Bertz CT molecular complexity index is 487. The molecule has 0 unspecified atom stereocenters. The lowest BCUT2D eigenvalue weighted by Crippen LogP contribution is -2.47. The lowest BCUT2D eigenvalue weighted by Gasteiger charge is -2.31. The summed E-state index contributed by atoms with van der Waals surface area (Å²) in [6.07, 6.45) is 1.56. The van der Waals surface area contributed by atoms with E-state index in [4.69, 9.17) is 16.3 Å². The largest absolute Gasteiger partial charge is 0.448 e. The third-order valence-electron chi connectivity index (χ3n) is 3.63. The summed E-state index contributed by atoms with van der Waals surface area (Å²) in [5, 5.41) is 3.03. The first kappa shape index (κ1) is 16.6. The first-order chi connectivity index (χ1) is 10.7. The number of benzene rings is 1. The fourth-order valence-electron chi connectivity index (χ4n) is 2.48. The Morgan fingerprint density at radius 1 is 1.23 bits per heavy atom. The molecule has 5 nitrogen and oxygen atoms in total. The highest BCUT2D eigenvalue weighted by molar-refractivity contribution is 6.18. The second-order valence-corrected chi connectivity index (χ2v) is 5.67. The van der Waals surface area contributed by atoms with Crippen LogP contribution < -0.4 is 5.32 Å². The molecule has 6 heteroatoms. The van der Waals surface area contributed by atoms with E-state index in [-0.39, 0.29) is 24.6 Å². The zero-order valence-corrected chi connectivity index (χ0v) is 13.2. The quantitative estimate of drug-likeness (QED) is 0.845. The van der Waals surface area contributed by atoms with Gasteiger partial charge in [-0.05, 0) is 18.4 Å². The number of halogens is 1. The summed E-state index contributed by atoms with van der Waals surface area (Å²) in [7, 11) is 0. The van der Waals surface area contributed by atoms with Crippen LogP contribution in [0.5, 0.6) is 0 Å². The molecule has 1 aromatic carbocycles. The molecule has 22 heavy (non-hydrogen) atoms. The van der Waals surface area contributed by atoms with Gasteiger partial charge in [-0.1, -0.05) is 30.3 Å². The normalized spacial score (nSPS) is 15.4. The number of carbonyl (C=O) groups excluding carboxylic acids is 2. The number of amides is 2. The first-order valence-electron chi connectivity index (χ1n) is 7.50. The summed E-state index contributed by atoms with van der Waals surface area (Å²) in [6.45, 7) is 1.42. The molecule has 2 amide bonds. The summed E-state index contributed by atoms with van der Waals surface area (Å²) >= 11 is 5.49. The molecular weight excluding hydrogens is 304 g/mol. The molecule has 1 N–H and O–H groups in total. The molecule has 0 atom stereocenters. The number of nitrogens with zero attached hydrogens (tertiary/aromatic N) is 1. The molecule has 0 radical (unpaired) electrons. The van der Waals surface area contributed by atoms with E-state index >= 15 is 0 Å². The van der Waals surface area contributed by atoms with Crippen molar-refractivity contribution in [1.29, 1.82) is 0 Å². The van der Waals surface area contributed by atoms with Gasteiger partial charge >= 0.3 is 6.09 Å². The number of hydrogen-bond acceptors (Lipinski definition) is 3. The molecule has 1 aliphatic heterocycles. The minimum atomic E-state index is -0.324. The number of nitrogens with one attached hydrogen (secondary N) is 1. The van der Waals surface area contributed by atoms with Gasteiger partial charge in [0.1, 0.15) is 6.61 Å². The lowest BCUT2D eigenvalue weighted by molar-refractivity contribution is -0.121. The average molecular weight is 325 g/mol. The Kier molecular flexibility index (Phi) is 6.52. The third kappa shape index (κ3) is 5.22. The Labute approximate surface area is 135 Å². The van der Waals surface area contributed by atoms with E-state index in [1.165, 1.54) is 0 Å². The van der Waals surface area contributed by atoms with Gasteiger partial charge in [-0.3, -0.25) is 4.79 Å². The summed E-state index contributed by atoms with van der Waals surface area (Å²) in [5.74, 6) is 0.326. The van der Waals surface area contributed by atoms with Gasteiger partial charge in [-0.25, -0.2) is 4.79 Å². The van der Waals surface area contributed by atoms with E-state index in [9.17, 15) is 9.59 Å². The molecule has 0 bridgehead atoms. The molecular formula is C16H21ClN2O3. The first-order valence-corrected chi connectivity index (χ1v) is 8.03. The van der Waals surface area contributed by atoms with Gasteiger partial charge in [-0.15, -0.1) is 11.6 Å². The van der Waals surface area contributed by atoms with Crippen molar-refractivity contribution in [3.8, 4) is 0 Å². The number of alkyl halides is 1. The van der Waals surface area contributed by atoms with Crippen molar-refractivity contribution < 1.29 is 14.3 Å². The van der Waals surface area contributed by atoms with Crippen LogP contribution in [-0.4, -0.2) is 48.5 Å². The van der Waals surface area contributed by atoms with Crippen LogP contribution in [0.1, 0.15) is 18.4 Å². The Hall–Kier alpha value is -1.75. The van der Waals surface area contributed by atoms with E-state index < -0.39 is 0 Å². The van der Waals surface area contributed by atoms with Crippen molar-refractivity contribution in [2.45, 2.75) is 25.3 Å². The third-order valence-corrected chi connectivity index (χ3v) is 3.78. The van der Waals surface area contributed by atoms with E-state index in [1.54, 1.807) is 4.90 Å². The molecule has 1 aromatic rings. The van der Waals surface area contributed by atoms with Gasteiger partial charge in [0.25, 0.3) is 0 Å². The number of rotatable bonds is 5. The number of ether oxygens (including phenoxy) is 1.